The van der Waals surface area contributed by atoms with E-state index in [2.05, 4.69) is 4.72 Å². The first-order valence-electron chi connectivity index (χ1n) is 8.12. The minimum atomic E-state index is -3.79. The topological polar surface area (TPSA) is 75.7 Å². The smallest absolute Gasteiger partial charge is 0.263 e. The number of carbonyl (C=O) groups excluding carboxylic acids is 1. The Labute approximate surface area is 157 Å². The number of methoxy groups -OCH3 is 1. The van der Waals surface area contributed by atoms with Crippen LogP contribution >= 0.6 is 11.6 Å². The van der Waals surface area contributed by atoms with Crippen molar-refractivity contribution in [1.82, 2.24) is 0 Å². The van der Waals surface area contributed by atoms with Crippen molar-refractivity contribution in [3.8, 4) is 0 Å². The average Bonchev–Trinajstić information content (AvgIpc) is 2.61. The van der Waals surface area contributed by atoms with Gasteiger partial charge in [0.05, 0.1) is 11.6 Å². The van der Waals surface area contributed by atoms with Gasteiger partial charge < -0.3 is 9.64 Å². The molecule has 0 fully saturated rings. The molecule has 26 heavy (non-hydrogen) atoms. The summed E-state index contributed by atoms with van der Waals surface area (Å²) in [5, 5.41) is 0.161. The zero-order chi connectivity index (χ0) is 18.7. The van der Waals surface area contributed by atoms with Gasteiger partial charge in [0.1, 0.15) is 4.90 Å². The highest BCUT2D eigenvalue weighted by Crippen LogP contribution is 2.31. The number of hydrogen-bond donors (Lipinski definition) is 1. The number of halogens is 1. The van der Waals surface area contributed by atoms with Crippen molar-refractivity contribution in [1.29, 1.82) is 0 Å². The average molecular weight is 395 g/mol. The van der Waals surface area contributed by atoms with Crippen molar-refractivity contribution in [3.63, 3.8) is 0 Å². The van der Waals surface area contributed by atoms with Gasteiger partial charge in [0, 0.05) is 31.5 Å². The summed E-state index contributed by atoms with van der Waals surface area (Å²) in [4.78, 5) is 13.8. The molecule has 0 aliphatic carbocycles. The Morgan fingerprint density at radius 2 is 1.96 bits per heavy atom. The van der Waals surface area contributed by atoms with Crippen LogP contribution in [0.25, 0.3) is 0 Å². The van der Waals surface area contributed by atoms with E-state index in [4.69, 9.17) is 16.3 Å². The second-order valence-corrected chi connectivity index (χ2v) is 7.98. The molecule has 0 bridgehead atoms. The molecule has 1 aliphatic heterocycles. The Balaban J connectivity index is 1.88. The monoisotopic (exact) mass is 394 g/mol. The van der Waals surface area contributed by atoms with E-state index in [-0.39, 0.29) is 15.8 Å². The summed E-state index contributed by atoms with van der Waals surface area (Å²) in [5.41, 5.74) is 2.14. The lowest BCUT2D eigenvalue weighted by Gasteiger charge is -2.29. The minimum Gasteiger partial charge on any atom is -0.383 e. The molecule has 0 aromatic heterocycles. The lowest BCUT2D eigenvalue weighted by Crippen LogP contribution is -2.37. The standard InChI is InChI=1S/C18H19ClN2O4S/c1-25-11-10-21-16-8-7-14(12-13(16)6-9-18(21)22)20-26(23,24)17-5-3-2-4-15(17)19/h2-5,7-8,12,20H,6,9-11H2,1H3. The summed E-state index contributed by atoms with van der Waals surface area (Å²) in [7, 11) is -2.21. The second-order valence-electron chi connectivity index (χ2n) is 5.92. The first-order chi connectivity index (χ1) is 12.4. The van der Waals surface area contributed by atoms with Crippen LogP contribution in [0.3, 0.4) is 0 Å². The molecule has 1 amide bonds. The molecule has 1 N–H and O–H groups in total. The summed E-state index contributed by atoms with van der Waals surface area (Å²) in [6, 6.07) is 11.4. The van der Waals surface area contributed by atoms with Crippen molar-refractivity contribution in [2.75, 3.05) is 29.9 Å². The lowest BCUT2D eigenvalue weighted by atomic mass is 10.0. The Morgan fingerprint density at radius 3 is 2.69 bits per heavy atom. The maximum atomic E-state index is 12.6. The molecule has 0 saturated carbocycles. The molecule has 2 aromatic carbocycles. The Bertz CT molecular complexity index is 931. The lowest BCUT2D eigenvalue weighted by molar-refractivity contribution is -0.119. The maximum absolute atomic E-state index is 12.6. The summed E-state index contributed by atoms with van der Waals surface area (Å²) in [5.74, 6) is 0.0407. The van der Waals surface area contributed by atoms with Gasteiger partial charge in [-0.2, -0.15) is 0 Å². The molecular formula is C18H19ClN2O4S. The zero-order valence-electron chi connectivity index (χ0n) is 14.2. The highest BCUT2D eigenvalue weighted by molar-refractivity contribution is 7.92. The molecule has 2 aromatic rings. The number of hydrogen-bond acceptors (Lipinski definition) is 4. The van der Waals surface area contributed by atoms with Crippen LogP contribution in [0.1, 0.15) is 12.0 Å². The third-order valence-electron chi connectivity index (χ3n) is 4.18. The van der Waals surface area contributed by atoms with Crippen LogP contribution in [0.5, 0.6) is 0 Å². The van der Waals surface area contributed by atoms with E-state index in [1.54, 1.807) is 42.3 Å². The Hall–Kier alpha value is -2.09. The normalized spacial score (nSPS) is 14.2. The van der Waals surface area contributed by atoms with E-state index in [0.717, 1.165) is 11.3 Å². The number of sulfonamides is 1. The fourth-order valence-corrected chi connectivity index (χ4v) is 4.49. The van der Waals surface area contributed by atoms with Gasteiger partial charge >= 0.3 is 0 Å². The third-order valence-corrected chi connectivity index (χ3v) is 6.06. The van der Waals surface area contributed by atoms with Gasteiger partial charge in [-0.05, 0) is 42.3 Å². The zero-order valence-corrected chi connectivity index (χ0v) is 15.8. The Kier molecular flexibility index (Phi) is 5.50. The van der Waals surface area contributed by atoms with Crippen LogP contribution in [0, 0.1) is 0 Å². The molecule has 1 aliphatic rings. The molecule has 0 unspecified atom stereocenters. The van der Waals surface area contributed by atoms with Crippen LogP contribution in [0.2, 0.25) is 5.02 Å². The molecule has 0 spiro atoms. The highest BCUT2D eigenvalue weighted by atomic mass is 35.5. The van der Waals surface area contributed by atoms with Crippen molar-refractivity contribution < 1.29 is 17.9 Å². The van der Waals surface area contributed by atoms with E-state index < -0.39 is 10.0 Å². The van der Waals surface area contributed by atoms with Gasteiger partial charge in [0.2, 0.25) is 5.91 Å². The first kappa shape index (κ1) is 18.7. The first-order valence-corrected chi connectivity index (χ1v) is 9.98. The number of aryl methyl sites for hydroxylation is 1. The van der Waals surface area contributed by atoms with Crippen molar-refractivity contribution >= 4 is 38.9 Å². The van der Waals surface area contributed by atoms with Gasteiger partial charge in [0.15, 0.2) is 0 Å². The minimum absolute atomic E-state index is 0.0243. The van der Waals surface area contributed by atoms with Gasteiger partial charge in [-0.1, -0.05) is 23.7 Å². The van der Waals surface area contributed by atoms with Gasteiger partial charge in [-0.3, -0.25) is 9.52 Å². The predicted molar refractivity (Wildman–Crippen MR) is 101 cm³/mol. The van der Waals surface area contributed by atoms with Gasteiger partial charge in [-0.25, -0.2) is 8.42 Å². The summed E-state index contributed by atoms with van der Waals surface area (Å²) in [6.45, 7) is 0.902. The summed E-state index contributed by atoms with van der Waals surface area (Å²) >= 11 is 6.00. The van der Waals surface area contributed by atoms with E-state index in [9.17, 15) is 13.2 Å². The molecule has 3 rings (SSSR count). The van der Waals surface area contributed by atoms with Gasteiger partial charge in [0.25, 0.3) is 10.0 Å². The molecule has 0 atom stereocenters. The number of ether oxygens (including phenoxy) is 1. The van der Waals surface area contributed by atoms with Crippen molar-refractivity contribution in [3.05, 3.63) is 53.1 Å². The van der Waals surface area contributed by atoms with Crippen LogP contribution in [0.15, 0.2) is 47.4 Å². The Morgan fingerprint density at radius 1 is 1.19 bits per heavy atom. The van der Waals surface area contributed by atoms with E-state index in [1.165, 1.54) is 12.1 Å². The summed E-state index contributed by atoms with van der Waals surface area (Å²) < 4.78 is 32.8. The molecule has 0 radical (unpaired) electrons. The molecule has 6 nitrogen and oxygen atoms in total. The SMILES string of the molecule is COCCN1C(=O)CCc2cc(NS(=O)(=O)c3ccccc3Cl)ccc21. The van der Waals surface area contributed by atoms with Crippen molar-refractivity contribution in [2.45, 2.75) is 17.7 Å². The number of anilines is 2. The molecule has 0 saturated heterocycles. The second kappa shape index (κ2) is 7.65. The van der Waals surface area contributed by atoms with Crippen molar-refractivity contribution in [2.24, 2.45) is 0 Å². The number of carbonyl (C=O) groups is 1. The number of nitrogens with zero attached hydrogens (tertiary/aromatic N) is 1. The van der Waals surface area contributed by atoms with Crippen LogP contribution in [0.4, 0.5) is 11.4 Å². The number of rotatable bonds is 6. The summed E-state index contributed by atoms with van der Waals surface area (Å²) in [6.07, 6.45) is 0.955. The largest absolute Gasteiger partial charge is 0.383 e. The predicted octanol–water partition coefficient (Wildman–Crippen LogP) is 3.07. The number of benzene rings is 2. The third kappa shape index (κ3) is 3.85. The quantitative estimate of drug-likeness (QED) is 0.816. The van der Waals surface area contributed by atoms with E-state index in [0.29, 0.717) is 31.7 Å². The van der Waals surface area contributed by atoms with Crippen LogP contribution in [-0.4, -0.2) is 34.6 Å². The van der Waals surface area contributed by atoms with Crippen LogP contribution in [-0.2, 0) is 26.0 Å². The molecular weight excluding hydrogens is 376 g/mol. The molecule has 1 heterocycles. The fourth-order valence-electron chi connectivity index (χ4n) is 2.92. The van der Waals surface area contributed by atoms with E-state index >= 15 is 0 Å². The molecule has 138 valence electrons. The maximum Gasteiger partial charge on any atom is 0.263 e. The van der Waals surface area contributed by atoms with Gasteiger partial charge in [-0.15, -0.1) is 0 Å². The number of amides is 1. The number of nitrogens with one attached hydrogen (secondary N) is 1. The highest BCUT2D eigenvalue weighted by Gasteiger charge is 2.25. The fraction of sp³-hybridized carbons (Fsp3) is 0.278. The van der Waals surface area contributed by atoms with E-state index in [1.807, 2.05) is 0 Å². The molecule has 8 heteroatoms. The number of fused-ring (bicyclic) bond motifs is 1. The van der Waals surface area contributed by atoms with Crippen LogP contribution < -0.4 is 9.62 Å².